The van der Waals surface area contributed by atoms with Gasteiger partial charge in [-0.3, -0.25) is 4.79 Å². The van der Waals surface area contributed by atoms with Crippen molar-refractivity contribution >= 4 is 5.91 Å². The third-order valence-corrected chi connectivity index (χ3v) is 3.47. The highest BCUT2D eigenvalue weighted by molar-refractivity contribution is 5.79. The number of ether oxygens (including phenoxy) is 1. The molecule has 0 spiro atoms. The number of carbonyl (C=O) groups is 1. The normalized spacial score (nSPS) is 40.7. The lowest BCUT2D eigenvalue weighted by Gasteiger charge is -2.19. The molecule has 2 rings (SSSR count). The maximum atomic E-state index is 11.8. The molecule has 1 heterocycles. The summed E-state index contributed by atoms with van der Waals surface area (Å²) in [5.74, 6) is 0.162. The Morgan fingerprint density at radius 1 is 1.47 bits per heavy atom. The summed E-state index contributed by atoms with van der Waals surface area (Å²) in [5.41, 5.74) is 5.91. The Bertz CT molecular complexity index is 245. The lowest BCUT2D eigenvalue weighted by Crippen LogP contribution is -2.46. The van der Waals surface area contributed by atoms with Gasteiger partial charge in [0.15, 0.2) is 0 Å². The Morgan fingerprint density at radius 2 is 2.27 bits per heavy atom. The second-order valence-corrected chi connectivity index (χ2v) is 4.79. The van der Waals surface area contributed by atoms with Crippen molar-refractivity contribution in [3.8, 4) is 0 Å². The Hall–Kier alpha value is -0.610. The molecule has 2 aliphatic rings. The molecule has 0 bridgehead atoms. The van der Waals surface area contributed by atoms with E-state index in [-0.39, 0.29) is 30.0 Å². The molecule has 1 saturated heterocycles. The van der Waals surface area contributed by atoms with Gasteiger partial charge >= 0.3 is 0 Å². The van der Waals surface area contributed by atoms with Gasteiger partial charge in [0, 0.05) is 12.1 Å². The average Bonchev–Trinajstić information content (AvgIpc) is 2.77. The molecule has 4 nitrogen and oxygen atoms in total. The summed E-state index contributed by atoms with van der Waals surface area (Å²) in [6.07, 6.45) is 4.24. The standard InChI is InChI=1S/C11H20N2O2/c1-7-5-8(6-15-7)11(14)13-10-4-2-3-9(10)12/h7-10H,2-6,12H2,1H3,(H,13,14). The zero-order chi connectivity index (χ0) is 10.8. The van der Waals surface area contributed by atoms with Crippen molar-refractivity contribution in [1.29, 1.82) is 0 Å². The molecule has 0 aromatic heterocycles. The van der Waals surface area contributed by atoms with E-state index in [1.165, 1.54) is 0 Å². The summed E-state index contributed by atoms with van der Waals surface area (Å²) in [6.45, 7) is 2.57. The highest BCUT2D eigenvalue weighted by atomic mass is 16.5. The molecule has 2 fully saturated rings. The van der Waals surface area contributed by atoms with Crippen molar-refractivity contribution in [3.63, 3.8) is 0 Å². The molecule has 1 amide bonds. The summed E-state index contributed by atoms with van der Waals surface area (Å²) in [5, 5.41) is 3.05. The van der Waals surface area contributed by atoms with Crippen molar-refractivity contribution in [2.75, 3.05) is 6.61 Å². The van der Waals surface area contributed by atoms with Gasteiger partial charge in [0.05, 0.1) is 18.6 Å². The van der Waals surface area contributed by atoms with Crippen LogP contribution in [0.3, 0.4) is 0 Å². The molecule has 3 N–H and O–H groups in total. The van der Waals surface area contributed by atoms with Crippen LogP contribution < -0.4 is 11.1 Å². The number of nitrogens with two attached hydrogens (primary N) is 1. The fraction of sp³-hybridized carbons (Fsp3) is 0.909. The predicted molar refractivity (Wildman–Crippen MR) is 57.3 cm³/mol. The lowest BCUT2D eigenvalue weighted by molar-refractivity contribution is -0.125. The SMILES string of the molecule is CC1CC(C(=O)NC2CCCC2N)CO1. The largest absolute Gasteiger partial charge is 0.378 e. The minimum Gasteiger partial charge on any atom is -0.378 e. The smallest absolute Gasteiger partial charge is 0.225 e. The molecule has 86 valence electrons. The second kappa shape index (κ2) is 4.49. The van der Waals surface area contributed by atoms with Crippen LogP contribution in [0.2, 0.25) is 0 Å². The Morgan fingerprint density at radius 3 is 2.80 bits per heavy atom. The molecule has 0 radical (unpaired) electrons. The van der Waals surface area contributed by atoms with Crippen LogP contribution in [-0.4, -0.2) is 30.7 Å². The van der Waals surface area contributed by atoms with Crippen LogP contribution in [-0.2, 0) is 9.53 Å². The maximum absolute atomic E-state index is 11.8. The van der Waals surface area contributed by atoms with E-state index in [0.717, 1.165) is 25.7 Å². The molecule has 0 aromatic rings. The Labute approximate surface area is 90.5 Å². The van der Waals surface area contributed by atoms with E-state index in [2.05, 4.69) is 5.32 Å². The minimum absolute atomic E-state index is 0.0350. The highest BCUT2D eigenvalue weighted by Crippen LogP contribution is 2.21. The zero-order valence-corrected chi connectivity index (χ0v) is 9.24. The van der Waals surface area contributed by atoms with E-state index < -0.39 is 0 Å². The van der Waals surface area contributed by atoms with Crippen molar-refractivity contribution in [2.45, 2.75) is 50.8 Å². The molecule has 4 unspecified atom stereocenters. The zero-order valence-electron chi connectivity index (χ0n) is 9.24. The van der Waals surface area contributed by atoms with Crippen molar-refractivity contribution < 1.29 is 9.53 Å². The van der Waals surface area contributed by atoms with Crippen LogP contribution in [0.5, 0.6) is 0 Å². The molecular weight excluding hydrogens is 192 g/mol. The first-order valence-corrected chi connectivity index (χ1v) is 5.84. The van der Waals surface area contributed by atoms with Crippen LogP contribution in [0.25, 0.3) is 0 Å². The van der Waals surface area contributed by atoms with Crippen LogP contribution in [0, 0.1) is 5.92 Å². The number of hydrogen-bond acceptors (Lipinski definition) is 3. The Balaban J connectivity index is 1.81. The van der Waals surface area contributed by atoms with Crippen molar-refractivity contribution in [2.24, 2.45) is 11.7 Å². The van der Waals surface area contributed by atoms with E-state index >= 15 is 0 Å². The van der Waals surface area contributed by atoms with Crippen LogP contribution >= 0.6 is 0 Å². The molecular formula is C11H20N2O2. The molecule has 0 aromatic carbocycles. The van der Waals surface area contributed by atoms with Gasteiger partial charge in [0.1, 0.15) is 0 Å². The summed E-state index contributed by atoms with van der Waals surface area (Å²) in [7, 11) is 0. The summed E-state index contributed by atoms with van der Waals surface area (Å²) < 4.78 is 5.39. The van der Waals surface area contributed by atoms with E-state index in [4.69, 9.17) is 10.5 Å². The monoisotopic (exact) mass is 212 g/mol. The van der Waals surface area contributed by atoms with Gasteiger partial charge < -0.3 is 15.8 Å². The molecule has 1 saturated carbocycles. The number of hydrogen-bond donors (Lipinski definition) is 2. The average molecular weight is 212 g/mol. The van der Waals surface area contributed by atoms with Crippen LogP contribution in [0.1, 0.15) is 32.6 Å². The number of rotatable bonds is 2. The van der Waals surface area contributed by atoms with E-state index in [1.807, 2.05) is 6.92 Å². The van der Waals surface area contributed by atoms with Crippen molar-refractivity contribution in [3.05, 3.63) is 0 Å². The van der Waals surface area contributed by atoms with E-state index in [1.54, 1.807) is 0 Å². The number of amides is 1. The molecule has 4 heteroatoms. The van der Waals surface area contributed by atoms with Crippen molar-refractivity contribution in [1.82, 2.24) is 5.32 Å². The summed E-state index contributed by atoms with van der Waals surface area (Å²) >= 11 is 0. The first-order chi connectivity index (χ1) is 7.16. The fourth-order valence-corrected chi connectivity index (χ4v) is 2.47. The fourth-order valence-electron chi connectivity index (χ4n) is 2.47. The van der Waals surface area contributed by atoms with Gasteiger partial charge in [-0.1, -0.05) is 0 Å². The van der Waals surface area contributed by atoms with Crippen LogP contribution in [0.4, 0.5) is 0 Å². The third-order valence-electron chi connectivity index (χ3n) is 3.47. The van der Waals surface area contributed by atoms with Gasteiger partial charge in [-0.15, -0.1) is 0 Å². The second-order valence-electron chi connectivity index (χ2n) is 4.79. The maximum Gasteiger partial charge on any atom is 0.225 e. The van der Waals surface area contributed by atoms with E-state index in [0.29, 0.717) is 6.61 Å². The highest BCUT2D eigenvalue weighted by Gasteiger charge is 2.32. The van der Waals surface area contributed by atoms with Gasteiger partial charge in [-0.05, 0) is 32.6 Å². The predicted octanol–water partition coefficient (Wildman–Crippen LogP) is 0.407. The summed E-state index contributed by atoms with van der Waals surface area (Å²) in [6, 6.07) is 0.335. The summed E-state index contributed by atoms with van der Waals surface area (Å²) in [4.78, 5) is 11.8. The van der Waals surface area contributed by atoms with E-state index in [9.17, 15) is 4.79 Å². The molecule has 4 atom stereocenters. The molecule has 1 aliphatic carbocycles. The lowest BCUT2D eigenvalue weighted by atomic mass is 10.0. The molecule has 15 heavy (non-hydrogen) atoms. The van der Waals surface area contributed by atoms with Gasteiger partial charge in [-0.25, -0.2) is 0 Å². The van der Waals surface area contributed by atoms with Gasteiger partial charge in [0.25, 0.3) is 0 Å². The minimum atomic E-state index is 0.0350. The van der Waals surface area contributed by atoms with Gasteiger partial charge in [-0.2, -0.15) is 0 Å². The molecule has 1 aliphatic heterocycles. The topological polar surface area (TPSA) is 64.4 Å². The number of carbonyl (C=O) groups excluding carboxylic acids is 1. The van der Waals surface area contributed by atoms with Gasteiger partial charge in [0.2, 0.25) is 5.91 Å². The quantitative estimate of drug-likeness (QED) is 0.696. The first kappa shape index (κ1) is 10.9. The number of nitrogens with one attached hydrogen (secondary N) is 1. The Kier molecular flexibility index (Phi) is 3.26. The third kappa shape index (κ3) is 2.49. The van der Waals surface area contributed by atoms with Crippen LogP contribution in [0.15, 0.2) is 0 Å². The first-order valence-electron chi connectivity index (χ1n) is 5.84.